The summed E-state index contributed by atoms with van der Waals surface area (Å²) in [7, 11) is 0. The van der Waals surface area contributed by atoms with E-state index in [-0.39, 0.29) is 11.9 Å². The molecule has 1 aromatic rings. The molecular formula is C18H19N4O2+. The van der Waals surface area contributed by atoms with Gasteiger partial charge < -0.3 is 9.47 Å². The Kier molecular flexibility index (Phi) is 2.75. The maximum Gasteiger partial charge on any atom is 0.343 e. The Bertz CT molecular complexity index is 826. The zero-order chi connectivity index (χ0) is 17.2. The number of hydrogen-bond acceptors (Lipinski definition) is 5. The summed E-state index contributed by atoms with van der Waals surface area (Å²) in [5.74, 6) is -1.09. The zero-order valence-corrected chi connectivity index (χ0v) is 13.7. The first-order valence-electron chi connectivity index (χ1n) is 8.02. The number of nitrogens with zero attached hydrogens (tertiary/aromatic N) is 2. The largest absolute Gasteiger partial charge is 0.343 e. The van der Waals surface area contributed by atoms with Gasteiger partial charge in [0, 0.05) is 5.41 Å². The highest BCUT2D eigenvalue weighted by Crippen LogP contribution is 2.83. The van der Waals surface area contributed by atoms with Crippen molar-refractivity contribution in [3.8, 4) is 12.1 Å². The smallest absolute Gasteiger partial charge is 0.311 e. The van der Waals surface area contributed by atoms with Gasteiger partial charge in [-0.2, -0.15) is 10.5 Å². The summed E-state index contributed by atoms with van der Waals surface area (Å²) in [6.07, 6.45) is 0.367. The lowest BCUT2D eigenvalue weighted by Gasteiger charge is -2.27. The van der Waals surface area contributed by atoms with Crippen molar-refractivity contribution in [3.05, 3.63) is 35.9 Å². The van der Waals surface area contributed by atoms with Crippen LogP contribution in [0.2, 0.25) is 0 Å². The molecule has 24 heavy (non-hydrogen) atoms. The van der Waals surface area contributed by atoms with E-state index in [4.69, 9.17) is 15.2 Å². The van der Waals surface area contributed by atoms with Crippen LogP contribution in [-0.4, -0.2) is 24.5 Å². The van der Waals surface area contributed by atoms with E-state index in [1.165, 1.54) is 0 Å². The maximum atomic E-state index is 10.1. The molecule has 5 atom stereocenters. The third-order valence-electron chi connectivity index (χ3n) is 5.98. The minimum Gasteiger partial charge on any atom is -0.311 e. The molecule has 6 heteroatoms. The first kappa shape index (κ1) is 15.1. The van der Waals surface area contributed by atoms with Crippen molar-refractivity contribution in [2.24, 2.45) is 22.0 Å². The minimum atomic E-state index is -1.36. The fraction of sp³-hybridized carbons (Fsp3) is 0.500. The van der Waals surface area contributed by atoms with E-state index in [0.717, 1.165) is 5.56 Å². The van der Waals surface area contributed by atoms with Gasteiger partial charge >= 0.3 is 5.91 Å². The van der Waals surface area contributed by atoms with Crippen molar-refractivity contribution in [1.29, 1.82) is 10.5 Å². The van der Waals surface area contributed by atoms with E-state index < -0.39 is 22.2 Å². The number of ether oxygens (including phenoxy) is 2. The van der Waals surface area contributed by atoms with E-state index in [2.05, 4.69) is 17.1 Å². The average molecular weight is 323 g/mol. The number of nitriles is 2. The van der Waals surface area contributed by atoms with Crippen LogP contribution in [0.4, 0.5) is 0 Å². The normalized spacial score (nSPS) is 45.3. The van der Waals surface area contributed by atoms with E-state index >= 15 is 0 Å². The van der Waals surface area contributed by atoms with Crippen LogP contribution in [0.3, 0.4) is 0 Å². The Morgan fingerprint density at radius 3 is 2.54 bits per heavy atom. The number of amidine groups is 1. The van der Waals surface area contributed by atoms with Crippen LogP contribution in [0.5, 0.6) is 0 Å². The second kappa shape index (κ2) is 4.36. The van der Waals surface area contributed by atoms with Crippen LogP contribution in [-0.2, 0) is 15.9 Å². The Labute approximate surface area is 140 Å². The van der Waals surface area contributed by atoms with Crippen molar-refractivity contribution in [3.63, 3.8) is 0 Å². The van der Waals surface area contributed by atoms with E-state index in [0.29, 0.717) is 13.0 Å². The van der Waals surface area contributed by atoms with Crippen LogP contribution in [0.25, 0.3) is 0 Å². The lowest BCUT2D eigenvalue weighted by atomic mass is 9.85. The van der Waals surface area contributed by atoms with Crippen LogP contribution in [0.1, 0.15) is 19.4 Å². The van der Waals surface area contributed by atoms with Gasteiger partial charge in [-0.1, -0.05) is 37.3 Å². The van der Waals surface area contributed by atoms with Crippen molar-refractivity contribution >= 4 is 5.84 Å². The maximum absolute atomic E-state index is 10.1. The van der Waals surface area contributed by atoms with Gasteiger partial charge in [0.25, 0.3) is 5.84 Å². The van der Waals surface area contributed by atoms with E-state index in [1.807, 2.05) is 44.2 Å². The zero-order valence-electron chi connectivity index (χ0n) is 13.7. The average Bonchev–Trinajstić information content (AvgIpc) is 2.77. The summed E-state index contributed by atoms with van der Waals surface area (Å²) < 4.78 is 11.9. The van der Waals surface area contributed by atoms with Gasteiger partial charge in [0.05, 0.1) is 24.8 Å². The molecule has 2 aliphatic heterocycles. The molecule has 1 aromatic carbocycles. The lowest BCUT2D eigenvalue weighted by molar-refractivity contribution is -0.680. The van der Waals surface area contributed by atoms with Crippen molar-refractivity contribution < 1.29 is 14.5 Å². The Balaban J connectivity index is 1.87. The molecule has 2 heterocycles. The number of benzene rings is 1. The third kappa shape index (κ3) is 1.28. The molecule has 1 saturated carbocycles. The molecule has 1 saturated heterocycles. The fourth-order valence-corrected chi connectivity index (χ4v) is 4.92. The molecule has 0 amide bonds. The molecular weight excluding hydrogens is 304 g/mol. The fourth-order valence-electron chi connectivity index (χ4n) is 4.92. The molecule has 2 fully saturated rings. The van der Waals surface area contributed by atoms with Crippen molar-refractivity contribution in [1.82, 2.24) is 0 Å². The molecule has 3 N–H and O–H groups in total. The number of rotatable bonds is 2. The van der Waals surface area contributed by atoms with Gasteiger partial charge in [-0.05, 0) is 18.9 Å². The topological polar surface area (TPSA) is 106 Å². The molecule has 0 aromatic heterocycles. The highest BCUT2D eigenvalue weighted by molar-refractivity contribution is 5.95. The molecule has 0 unspecified atom stereocenters. The molecule has 1 aliphatic carbocycles. The van der Waals surface area contributed by atoms with Gasteiger partial charge in [0.2, 0.25) is 0 Å². The Morgan fingerprint density at radius 2 is 2.00 bits per heavy atom. The molecule has 4 rings (SSSR count). The third-order valence-corrected chi connectivity index (χ3v) is 5.98. The molecule has 0 radical (unpaired) electrons. The summed E-state index contributed by atoms with van der Waals surface area (Å²) in [6, 6.07) is 14.5. The summed E-state index contributed by atoms with van der Waals surface area (Å²) in [5.41, 5.74) is 4.24. The second-order valence-electron chi connectivity index (χ2n) is 7.11. The number of hydrogen-bond donors (Lipinski definition) is 2. The van der Waals surface area contributed by atoms with Crippen LogP contribution in [0, 0.1) is 38.9 Å². The Morgan fingerprint density at radius 1 is 1.29 bits per heavy atom. The van der Waals surface area contributed by atoms with Gasteiger partial charge in [0.1, 0.15) is 0 Å². The standard InChI is InChI=1S/C18H18N4O2/c1-12-9-23-18(24-12)17(11-20)15(2,8-13-6-4-3-5-7-13)16(17,10-19)14(21)22-18/h3-7,12H,8-9H2,1-2H3,(H2,21,22)/p+1/t12-,15-,16-,17+,18-/m0/s1. The molecule has 122 valence electrons. The monoisotopic (exact) mass is 323 g/mol. The van der Waals surface area contributed by atoms with E-state index in [1.54, 1.807) is 0 Å². The molecule has 0 bridgehead atoms. The SMILES string of the molecule is C[C@H]1CO[C@]2([NH+]=C(N)[C@@]3(C#N)[C@](C)(Cc4ccccc4)[C@@]23C#N)O1. The lowest BCUT2D eigenvalue weighted by Crippen LogP contribution is -2.90. The molecule has 6 nitrogen and oxygen atoms in total. The molecule has 1 spiro atoms. The summed E-state index contributed by atoms with van der Waals surface area (Å²) in [4.78, 5) is 2.99. The van der Waals surface area contributed by atoms with Gasteiger partial charge in [-0.25, -0.2) is 4.99 Å². The van der Waals surface area contributed by atoms with Crippen molar-refractivity contribution in [2.45, 2.75) is 32.3 Å². The first-order chi connectivity index (χ1) is 11.4. The number of fused-ring (bicyclic) bond motifs is 2. The van der Waals surface area contributed by atoms with Gasteiger partial charge in [-0.3, -0.25) is 5.73 Å². The number of nitrogens with one attached hydrogen (secondary N) is 1. The first-order valence-corrected chi connectivity index (χ1v) is 8.02. The summed E-state index contributed by atoms with van der Waals surface area (Å²) >= 11 is 0. The quantitative estimate of drug-likeness (QED) is 0.784. The Hall–Kier alpha value is -2.41. The van der Waals surface area contributed by atoms with E-state index in [9.17, 15) is 10.5 Å². The summed E-state index contributed by atoms with van der Waals surface area (Å²) in [5, 5.41) is 20.1. The minimum absolute atomic E-state index is 0.174. The predicted octanol–water partition coefficient (Wildman–Crippen LogP) is -0.191. The van der Waals surface area contributed by atoms with Crippen LogP contribution < -0.4 is 10.7 Å². The van der Waals surface area contributed by atoms with Crippen LogP contribution in [0.15, 0.2) is 30.3 Å². The summed E-state index contributed by atoms with van der Waals surface area (Å²) in [6.45, 7) is 4.16. The molecule has 3 aliphatic rings. The van der Waals surface area contributed by atoms with Gasteiger partial charge in [0.15, 0.2) is 10.8 Å². The van der Waals surface area contributed by atoms with Crippen LogP contribution >= 0.6 is 0 Å². The second-order valence-corrected chi connectivity index (χ2v) is 7.11. The van der Waals surface area contributed by atoms with Gasteiger partial charge in [-0.15, -0.1) is 0 Å². The predicted molar refractivity (Wildman–Crippen MR) is 83.7 cm³/mol. The highest BCUT2D eigenvalue weighted by Gasteiger charge is 3.02. The number of nitrogens with two attached hydrogens (primary N) is 1. The highest BCUT2D eigenvalue weighted by atomic mass is 16.8. The van der Waals surface area contributed by atoms with Crippen molar-refractivity contribution in [2.75, 3.05) is 6.61 Å².